The second-order valence-electron chi connectivity index (χ2n) is 1.15. The molecule has 0 bridgehead atoms. The van der Waals surface area contributed by atoms with Crippen LogP contribution >= 0.6 is 0 Å². The maximum atomic E-state index is 6.86. The summed E-state index contributed by atoms with van der Waals surface area (Å²) in [5.41, 5.74) is 13.3. The number of rotatable bonds is 1. The van der Waals surface area contributed by atoms with Crippen molar-refractivity contribution >= 4 is 0 Å². The first-order valence-electron chi connectivity index (χ1n) is 1.97. The summed E-state index contributed by atoms with van der Waals surface area (Å²) in [6.45, 7) is 8.93. The Morgan fingerprint density at radius 1 is 1.88 bits per heavy atom. The van der Waals surface area contributed by atoms with E-state index in [9.17, 15) is 0 Å². The molecule has 0 aromatic rings. The van der Waals surface area contributed by atoms with Crippen LogP contribution in [0.3, 0.4) is 0 Å². The van der Waals surface area contributed by atoms with Crippen molar-refractivity contribution in [3.8, 4) is 0 Å². The predicted molar refractivity (Wildman–Crippen MR) is 34.4 cm³/mol. The maximum Gasteiger partial charge on any atom is -0.00208 e. The molecule has 8 heavy (non-hydrogen) atoms. The van der Waals surface area contributed by atoms with Gasteiger partial charge in [0.2, 0.25) is 0 Å². The van der Waals surface area contributed by atoms with Gasteiger partial charge in [-0.25, -0.2) is 0 Å². The number of nitrogens with zero attached hydrogens (tertiary/aromatic N) is 2. The van der Waals surface area contributed by atoms with Crippen molar-refractivity contribution < 1.29 is 0 Å². The number of hydrogen-bond acceptors (Lipinski definition) is 1. The van der Waals surface area contributed by atoms with Crippen LogP contribution in [-0.4, -0.2) is 0 Å². The molecule has 0 saturated carbocycles. The van der Waals surface area contributed by atoms with E-state index in [2.05, 4.69) is 13.2 Å². The van der Waals surface area contributed by atoms with Crippen molar-refractivity contribution in [1.82, 2.24) is 0 Å². The normalized spacial score (nSPS) is 5.12. The lowest BCUT2D eigenvalue weighted by molar-refractivity contribution is 1.45. The summed E-state index contributed by atoms with van der Waals surface area (Å²) in [4.78, 5) is 1.75. The second kappa shape index (κ2) is 9.25. The molecule has 0 aliphatic carbocycles. The Morgan fingerprint density at radius 3 is 2.00 bits per heavy atom. The van der Waals surface area contributed by atoms with Gasteiger partial charge in [0, 0.05) is 0 Å². The first-order chi connectivity index (χ1) is 3.68. The molecule has 44 valence electrons. The van der Waals surface area contributed by atoms with Crippen LogP contribution in [0, 0.1) is 5.53 Å². The van der Waals surface area contributed by atoms with E-state index in [1.165, 1.54) is 0 Å². The molecule has 0 amide bonds. The Kier molecular flexibility index (Phi) is 11.5. The number of hydrogen-bond donors (Lipinski definition) is 1. The fraction of sp³-hybridized carbons (Fsp3) is 0.200. The highest BCUT2D eigenvalue weighted by Gasteiger charge is 1.59. The third-order valence-electron chi connectivity index (χ3n) is 0.348. The van der Waals surface area contributed by atoms with Crippen LogP contribution < -0.4 is 0 Å². The monoisotopic (exact) mass is 111 g/mol. The van der Waals surface area contributed by atoms with Crippen molar-refractivity contribution in [1.29, 1.82) is 5.53 Å². The summed E-state index contributed by atoms with van der Waals surface area (Å²) in [6, 6.07) is 0. The first kappa shape index (κ1) is 9.92. The average molecular weight is 111 g/mol. The van der Waals surface area contributed by atoms with Crippen LogP contribution in [0.2, 0.25) is 0 Å². The SMILES string of the molecule is C=CC(=C)C.[N-]=[N+]=N. The quantitative estimate of drug-likeness (QED) is 0.234. The van der Waals surface area contributed by atoms with Gasteiger partial charge in [-0.05, 0) is 17.4 Å². The Balaban J connectivity index is 0. The van der Waals surface area contributed by atoms with Crippen molar-refractivity contribution in [3.63, 3.8) is 0 Å². The molecule has 1 N–H and O–H groups in total. The summed E-state index contributed by atoms with van der Waals surface area (Å²) < 4.78 is 0. The molecule has 3 heteroatoms. The molecule has 0 aromatic heterocycles. The highest BCUT2D eigenvalue weighted by molar-refractivity contribution is 5.05. The van der Waals surface area contributed by atoms with Gasteiger partial charge in [0.25, 0.3) is 0 Å². The molecule has 0 saturated heterocycles. The van der Waals surface area contributed by atoms with Crippen molar-refractivity contribution in [2.75, 3.05) is 0 Å². The molecule has 0 rings (SSSR count). The molecule has 0 aliphatic rings. The molecule has 0 atom stereocenters. The largest absolute Gasteiger partial charge is 0.108 e. The van der Waals surface area contributed by atoms with Crippen molar-refractivity contribution in [3.05, 3.63) is 35.2 Å². The lowest BCUT2D eigenvalue weighted by Crippen LogP contribution is -1.50. The van der Waals surface area contributed by atoms with E-state index >= 15 is 0 Å². The van der Waals surface area contributed by atoms with Gasteiger partial charge >= 0.3 is 0 Å². The highest BCUT2D eigenvalue weighted by Crippen LogP contribution is 1.81. The smallest absolute Gasteiger partial charge is 0.00208 e. The summed E-state index contributed by atoms with van der Waals surface area (Å²) >= 11 is 0. The van der Waals surface area contributed by atoms with Gasteiger partial charge < -0.3 is 0 Å². The summed E-state index contributed by atoms with van der Waals surface area (Å²) in [5, 5.41) is 0. The fourth-order valence-corrected chi connectivity index (χ4v) is 0. The topological polar surface area (TPSA) is 60.3 Å². The Morgan fingerprint density at radius 2 is 2.00 bits per heavy atom. The molecule has 0 heterocycles. The van der Waals surface area contributed by atoms with E-state index < -0.39 is 0 Å². The van der Waals surface area contributed by atoms with E-state index in [1.807, 2.05) is 6.92 Å². The minimum atomic E-state index is 1.02. The van der Waals surface area contributed by atoms with Gasteiger partial charge in [0.15, 0.2) is 0 Å². The third-order valence-corrected chi connectivity index (χ3v) is 0.348. The zero-order valence-corrected chi connectivity index (χ0v) is 4.89. The van der Waals surface area contributed by atoms with E-state index in [0.29, 0.717) is 0 Å². The van der Waals surface area contributed by atoms with Gasteiger partial charge in [-0.3, -0.25) is 0 Å². The van der Waals surface area contributed by atoms with E-state index in [-0.39, 0.29) is 0 Å². The second-order valence-corrected chi connectivity index (χ2v) is 1.15. The standard InChI is InChI=1S/C5H8.HN3/c1-4-5(2)3;1-3-2/h4H,1-2H2,3H3;1H. The lowest BCUT2D eigenvalue weighted by atomic mass is 10.4. The minimum absolute atomic E-state index is 1.02. The lowest BCUT2D eigenvalue weighted by Gasteiger charge is -1.71. The molecule has 0 fully saturated rings. The van der Waals surface area contributed by atoms with Crippen LogP contribution in [0.25, 0.3) is 10.4 Å². The summed E-state index contributed by atoms with van der Waals surface area (Å²) in [5.74, 6) is 0. The molecule has 0 radical (unpaired) electrons. The minimum Gasteiger partial charge on any atom is -0.108 e. The fourth-order valence-electron chi connectivity index (χ4n) is 0. The predicted octanol–water partition coefficient (Wildman–Crippen LogP) is 2.62. The van der Waals surface area contributed by atoms with Crippen molar-refractivity contribution in [2.24, 2.45) is 0 Å². The van der Waals surface area contributed by atoms with Gasteiger partial charge in [-0.15, -0.1) is 5.53 Å². The van der Waals surface area contributed by atoms with E-state index in [0.717, 1.165) is 5.57 Å². The summed E-state index contributed by atoms with van der Waals surface area (Å²) in [7, 11) is 0. The molecule has 0 spiro atoms. The Hall–Kier alpha value is -1.21. The number of nitrogens with one attached hydrogen (secondary N) is 1. The molecule has 0 unspecified atom stereocenters. The molecule has 0 aliphatic heterocycles. The van der Waals surface area contributed by atoms with Gasteiger partial charge in [-0.2, -0.15) is 0 Å². The maximum absolute atomic E-state index is 6.86. The first-order valence-corrected chi connectivity index (χ1v) is 1.97. The zero-order chi connectivity index (χ0) is 6.99. The molecular formula is C5H9N3. The Bertz CT molecular complexity index is 109. The van der Waals surface area contributed by atoms with Crippen LogP contribution in [0.5, 0.6) is 0 Å². The Labute approximate surface area is 48.7 Å². The van der Waals surface area contributed by atoms with Crippen LogP contribution in [0.4, 0.5) is 0 Å². The number of allylic oxidation sites excluding steroid dienone is 2. The molecule has 0 aromatic carbocycles. The zero-order valence-electron chi connectivity index (χ0n) is 4.89. The van der Waals surface area contributed by atoms with Crippen LogP contribution in [0.1, 0.15) is 6.92 Å². The molecule has 3 nitrogen and oxygen atoms in total. The van der Waals surface area contributed by atoms with Crippen LogP contribution in [0.15, 0.2) is 24.8 Å². The van der Waals surface area contributed by atoms with Crippen LogP contribution in [-0.2, 0) is 0 Å². The van der Waals surface area contributed by atoms with Gasteiger partial charge in [0.05, 0.1) is 0 Å². The highest BCUT2D eigenvalue weighted by atomic mass is 15.0. The average Bonchev–Trinajstić information content (AvgIpc) is 1.69. The van der Waals surface area contributed by atoms with Crippen molar-refractivity contribution in [2.45, 2.75) is 6.92 Å². The third kappa shape index (κ3) is 110. The van der Waals surface area contributed by atoms with E-state index in [1.54, 1.807) is 11.0 Å². The van der Waals surface area contributed by atoms with E-state index in [4.69, 9.17) is 11.1 Å². The summed E-state index contributed by atoms with van der Waals surface area (Å²) in [6.07, 6.45) is 1.72. The van der Waals surface area contributed by atoms with Gasteiger partial charge in [0.1, 0.15) is 0 Å². The molecular weight excluding hydrogens is 102 g/mol. The van der Waals surface area contributed by atoms with Gasteiger partial charge in [-0.1, -0.05) is 24.8 Å².